The van der Waals surface area contributed by atoms with E-state index in [1.165, 1.54) is 11.1 Å². The third kappa shape index (κ3) is 4.61. The lowest BCUT2D eigenvalue weighted by atomic mass is 10.1. The fourth-order valence-corrected chi connectivity index (χ4v) is 2.66. The minimum atomic E-state index is -0.269. The number of hydrogen-bond acceptors (Lipinski definition) is 3. The van der Waals surface area contributed by atoms with Crippen LogP contribution in [0.5, 0.6) is 0 Å². The van der Waals surface area contributed by atoms with Crippen LogP contribution in [0.4, 0.5) is 11.4 Å². The number of nitrogens with zero attached hydrogens (tertiary/aromatic N) is 1. The summed E-state index contributed by atoms with van der Waals surface area (Å²) in [5, 5.41) is 6.76. The van der Waals surface area contributed by atoms with Crippen LogP contribution in [0.15, 0.2) is 60.8 Å². The molecule has 1 aromatic heterocycles. The highest BCUT2D eigenvalue weighted by atomic mass is 35.5. The predicted octanol–water partition coefficient (Wildman–Crippen LogP) is 5.22. The Morgan fingerprint density at radius 2 is 1.81 bits per heavy atom. The zero-order valence-electron chi connectivity index (χ0n) is 14.7. The SMILES string of the molecule is Cc1ccc(CNc2ccnc(C(=O)Nc3cc(Cl)ccc3C)c2)cc1. The van der Waals surface area contributed by atoms with Gasteiger partial charge < -0.3 is 10.6 Å². The van der Waals surface area contributed by atoms with Gasteiger partial charge in [0.1, 0.15) is 5.69 Å². The van der Waals surface area contributed by atoms with Gasteiger partial charge in [-0.3, -0.25) is 9.78 Å². The van der Waals surface area contributed by atoms with Gasteiger partial charge in [-0.25, -0.2) is 0 Å². The Bertz CT molecular complexity index is 923. The van der Waals surface area contributed by atoms with Gasteiger partial charge in [-0.15, -0.1) is 0 Å². The number of benzene rings is 2. The van der Waals surface area contributed by atoms with Crippen molar-refractivity contribution in [3.63, 3.8) is 0 Å². The molecule has 4 nitrogen and oxygen atoms in total. The number of aryl methyl sites for hydroxylation is 2. The van der Waals surface area contributed by atoms with E-state index in [1.54, 1.807) is 24.4 Å². The van der Waals surface area contributed by atoms with E-state index in [9.17, 15) is 4.79 Å². The molecule has 0 atom stereocenters. The van der Waals surface area contributed by atoms with Gasteiger partial charge in [0.05, 0.1) is 0 Å². The van der Waals surface area contributed by atoms with Crippen LogP contribution in [0.2, 0.25) is 5.02 Å². The molecule has 3 aromatic rings. The van der Waals surface area contributed by atoms with E-state index in [4.69, 9.17) is 11.6 Å². The second kappa shape index (κ2) is 8.02. The first-order chi connectivity index (χ1) is 12.5. The number of rotatable bonds is 5. The molecule has 0 radical (unpaired) electrons. The molecule has 2 aromatic carbocycles. The summed E-state index contributed by atoms with van der Waals surface area (Å²) in [6.45, 7) is 4.66. The zero-order valence-corrected chi connectivity index (χ0v) is 15.5. The molecule has 1 heterocycles. The number of pyridine rings is 1. The molecule has 0 bridgehead atoms. The Morgan fingerprint density at radius 3 is 2.58 bits per heavy atom. The van der Waals surface area contributed by atoms with Crippen molar-refractivity contribution in [2.75, 3.05) is 10.6 Å². The molecule has 3 rings (SSSR count). The minimum Gasteiger partial charge on any atom is -0.381 e. The van der Waals surface area contributed by atoms with Gasteiger partial charge >= 0.3 is 0 Å². The fourth-order valence-electron chi connectivity index (χ4n) is 2.49. The van der Waals surface area contributed by atoms with Crippen LogP contribution in [0, 0.1) is 13.8 Å². The van der Waals surface area contributed by atoms with Gasteiger partial charge in [0.2, 0.25) is 0 Å². The molecule has 5 heteroatoms. The molecule has 0 fully saturated rings. The Kier molecular flexibility index (Phi) is 5.54. The smallest absolute Gasteiger partial charge is 0.274 e. The van der Waals surface area contributed by atoms with Crippen molar-refractivity contribution >= 4 is 28.9 Å². The van der Waals surface area contributed by atoms with Crippen LogP contribution in [0.3, 0.4) is 0 Å². The summed E-state index contributed by atoms with van der Waals surface area (Å²) in [5.74, 6) is -0.269. The van der Waals surface area contributed by atoms with Crippen molar-refractivity contribution in [1.82, 2.24) is 4.98 Å². The normalized spacial score (nSPS) is 10.4. The van der Waals surface area contributed by atoms with Crippen LogP contribution < -0.4 is 10.6 Å². The molecule has 0 spiro atoms. The number of carbonyl (C=O) groups is 1. The molecule has 0 saturated carbocycles. The number of nitrogens with one attached hydrogen (secondary N) is 2. The maximum absolute atomic E-state index is 12.5. The number of carbonyl (C=O) groups excluding carboxylic acids is 1. The van der Waals surface area contributed by atoms with Crippen LogP contribution in [-0.4, -0.2) is 10.9 Å². The van der Waals surface area contributed by atoms with Crippen LogP contribution in [0.25, 0.3) is 0 Å². The Morgan fingerprint density at radius 1 is 1.04 bits per heavy atom. The molecule has 0 aliphatic carbocycles. The maximum Gasteiger partial charge on any atom is 0.274 e. The van der Waals surface area contributed by atoms with Gasteiger partial charge in [-0.05, 0) is 49.2 Å². The first-order valence-corrected chi connectivity index (χ1v) is 8.72. The summed E-state index contributed by atoms with van der Waals surface area (Å²) in [6.07, 6.45) is 1.62. The molecular formula is C21H20ClN3O. The first-order valence-electron chi connectivity index (χ1n) is 8.34. The standard InChI is InChI=1S/C21H20ClN3O/c1-14-3-6-16(7-4-14)13-24-18-9-10-23-20(12-18)21(26)25-19-11-17(22)8-5-15(19)2/h3-12H,13H2,1-2H3,(H,23,24)(H,25,26). The minimum absolute atomic E-state index is 0.269. The number of hydrogen-bond donors (Lipinski definition) is 2. The van der Waals surface area contributed by atoms with E-state index < -0.39 is 0 Å². The quantitative estimate of drug-likeness (QED) is 0.652. The number of amides is 1. The number of anilines is 2. The van der Waals surface area contributed by atoms with Gasteiger partial charge in [-0.1, -0.05) is 47.5 Å². The van der Waals surface area contributed by atoms with Crippen molar-refractivity contribution in [3.8, 4) is 0 Å². The highest BCUT2D eigenvalue weighted by molar-refractivity contribution is 6.31. The van der Waals surface area contributed by atoms with Crippen LogP contribution in [-0.2, 0) is 6.54 Å². The van der Waals surface area contributed by atoms with E-state index in [-0.39, 0.29) is 5.91 Å². The molecule has 26 heavy (non-hydrogen) atoms. The Balaban J connectivity index is 1.69. The van der Waals surface area contributed by atoms with Crippen molar-refractivity contribution in [1.29, 1.82) is 0 Å². The monoisotopic (exact) mass is 365 g/mol. The average Bonchev–Trinajstić information content (AvgIpc) is 2.64. The summed E-state index contributed by atoms with van der Waals surface area (Å²) >= 11 is 6.00. The van der Waals surface area contributed by atoms with E-state index in [0.29, 0.717) is 22.9 Å². The largest absolute Gasteiger partial charge is 0.381 e. The first kappa shape index (κ1) is 18.0. The summed E-state index contributed by atoms with van der Waals surface area (Å²) in [6, 6.07) is 17.3. The molecule has 2 N–H and O–H groups in total. The predicted molar refractivity (Wildman–Crippen MR) is 107 cm³/mol. The summed E-state index contributed by atoms with van der Waals surface area (Å²) in [5.41, 5.74) is 5.21. The van der Waals surface area contributed by atoms with Crippen LogP contribution in [0.1, 0.15) is 27.2 Å². The van der Waals surface area contributed by atoms with E-state index >= 15 is 0 Å². The third-order valence-electron chi connectivity index (χ3n) is 4.06. The molecular weight excluding hydrogens is 346 g/mol. The van der Waals surface area contributed by atoms with E-state index in [0.717, 1.165) is 11.3 Å². The lowest BCUT2D eigenvalue weighted by Gasteiger charge is -2.10. The number of halogens is 1. The highest BCUT2D eigenvalue weighted by Crippen LogP contribution is 2.21. The van der Waals surface area contributed by atoms with E-state index in [1.807, 2.05) is 19.1 Å². The van der Waals surface area contributed by atoms with Crippen molar-refractivity contribution in [3.05, 3.63) is 88.2 Å². The Labute approximate surface area is 158 Å². The summed E-state index contributed by atoms with van der Waals surface area (Å²) in [4.78, 5) is 16.7. The average molecular weight is 366 g/mol. The third-order valence-corrected chi connectivity index (χ3v) is 4.29. The number of aromatic nitrogens is 1. The Hall–Kier alpha value is -2.85. The molecule has 0 unspecified atom stereocenters. The van der Waals surface area contributed by atoms with E-state index in [2.05, 4.69) is 46.8 Å². The molecule has 1 amide bonds. The maximum atomic E-state index is 12.5. The summed E-state index contributed by atoms with van der Waals surface area (Å²) < 4.78 is 0. The van der Waals surface area contributed by atoms with Crippen molar-refractivity contribution in [2.45, 2.75) is 20.4 Å². The fraction of sp³-hybridized carbons (Fsp3) is 0.143. The molecule has 0 aliphatic heterocycles. The molecule has 0 saturated heterocycles. The lowest BCUT2D eigenvalue weighted by Crippen LogP contribution is -2.14. The molecule has 132 valence electrons. The van der Waals surface area contributed by atoms with Gasteiger partial charge in [0, 0.05) is 29.1 Å². The van der Waals surface area contributed by atoms with Crippen molar-refractivity contribution in [2.24, 2.45) is 0 Å². The topological polar surface area (TPSA) is 54.0 Å². The van der Waals surface area contributed by atoms with Crippen molar-refractivity contribution < 1.29 is 4.79 Å². The van der Waals surface area contributed by atoms with Gasteiger partial charge in [0.15, 0.2) is 0 Å². The highest BCUT2D eigenvalue weighted by Gasteiger charge is 2.10. The second-order valence-corrected chi connectivity index (χ2v) is 6.62. The summed E-state index contributed by atoms with van der Waals surface area (Å²) in [7, 11) is 0. The van der Waals surface area contributed by atoms with Gasteiger partial charge in [0.25, 0.3) is 5.91 Å². The van der Waals surface area contributed by atoms with Gasteiger partial charge in [-0.2, -0.15) is 0 Å². The molecule has 0 aliphatic rings. The zero-order chi connectivity index (χ0) is 18.5. The second-order valence-electron chi connectivity index (χ2n) is 6.18. The van der Waals surface area contributed by atoms with Crippen LogP contribution >= 0.6 is 11.6 Å². The lowest BCUT2D eigenvalue weighted by molar-refractivity contribution is 0.102.